The number of carbonyl (C=O) groups is 1. The highest BCUT2D eigenvalue weighted by Crippen LogP contribution is 2.32. The van der Waals surface area contributed by atoms with Crippen LogP contribution < -0.4 is 19.5 Å². The van der Waals surface area contributed by atoms with Gasteiger partial charge in [0.05, 0.1) is 25.2 Å². The molecule has 1 aliphatic heterocycles. The molecule has 0 aliphatic carbocycles. The Bertz CT molecular complexity index is 763. The van der Waals surface area contributed by atoms with Crippen molar-refractivity contribution in [2.75, 3.05) is 26.1 Å². The minimum atomic E-state index is -0.273. The van der Waals surface area contributed by atoms with E-state index in [-0.39, 0.29) is 11.8 Å². The van der Waals surface area contributed by atoms with Gasteiger partial charge in [-0.3, -0.25) is 4.79 Å². The summed E-state index contributed by atoms with van der Waals surface area (Å²) in [6, 6.07) is 10.8. The van der Waals surface area contributed by atoms with Crippen LogP contribution in [0.2, 0.25) is 5.02 Å². The van der Waals surface area contributed by atoms with Crippen molar-refractivity contribution in [3.8, 4) is 17.2 Å². The summed E-state index contributed by atoms with van der Waals surface area (Å²) in [7, 11) is 3.16. The van der Waals surface area contributed by atoms with Gasteiger partial charge in [0, 0.05) is 5.69 Å². The number of amides is 1. The van der Waals surface area contributed by atoms with Crippen molar-refractivity contribution in [1.29, 1.82) is 0 Å². The van der Waals surface area contributed by atoms with Crippen LogP contribution in [-0.4, -0.2) is 26.7 Å². The quantitative estimate of drug-likeness (QED) is 0.919. The Morgan fingerprint density at radius 2 is 2.04 bits per heavy atom. The predicted octanol–water partition coefficient (Wildman–Crippen LogP) is 3.55. The summed E-state index contributed by atoms with van der Waals surface area (Å²) >= 11 is 6.08. The lowest BCUT2D eigenvalue weighted by atomic mass is 9.95. The summed E-state index contributed by atoms with van der Waals surface area (Å²) in [5.41, 5.74) is 1.59. The van der Waals surface area contributed by atoms with Gasteiger partial charge in [-0.2, -0.15) is 0 Å². The third-order valence-corrected chi connectivity index (χ3v) is 4.26. The van der Waals surface area contributed by atoms with Gasteiger partial charge in [0.15, 0.2) is 0 Å². The van der Waals surface area contributed by atoms with Crippen LogP contribution >= 0.6 is 11.6 Å². The Balaban J connectivity index is 1.70. The number of methoxy groups -OCH3 is 2. The fourth-order valence-corrected chi connectivity index (χ4v) is 2.91. The van der Waals surface area contributed by atoms with E-state index in [1.807, 2.05) is 18.2 Å². The van der Waals surface area contributed by atoms with Crippen LogP contribution in [0.15, 0.2) is 36.4 Å². The van der Waals surface area contributed by atoms with E-state index >= 15 is 0 Å². The van der Waals surface area contributed by atoms with Crippen LogP contribution in [0.1, 0.15) is 5.56 Å². The molecule has 3 rings (SSSR count). The lowest BCUT2D eigenvalue weighted by Gasteiger charge is -2.25. The molecule has 0 spiro atoms. The molecule has 126 valence electrons. The van der Waals surface area contributed by atoms with Gasteiger partial charge in [-0.1, -0.05) is 11.6 Å². The summed E-state index contributed by atoms with van der Waals surface area (Å²) < 4.78 is 16.0. The molecule has 1 unspecified atom stereocenters. The van der Waals surface area contributed by atoms with Crippen molar-refractivity contribution < 1.29 is 19.0 Å². The third-order valence-electron chi connectivity index (χ3n) is 3.96. The SMILES string of the molecule is COc1ccc2c(c1)CC(C(=O)Nc1ccc(OC)c(Cl)c1)CO2. The summed E-state index contributed by atoms with van der Waals surface area (Å²) in [5, 5.41) is 3.32. The van der Waals surface area contributed by atoms with Crippen molar-refractivity contribution in [3.05, 3.63) is 47.0 Å². The molecule has 0 fully saturated rings. The summed E-state index contributed by atoms with van der Waals surface area (Å²) in [6.45, 7) is 0.342. The molecule has 24 heavy (non-hydrogen) atoms. The van der Waals surface area contributed by atoms with Crippen LogP contribution in [0, 0.1) is 5.92 Å². The molecule has 0 saturated heterocycles. The summed E-state index contributed by atoms with van der Waals surface area (Å²) in [6.07, 6.45) is 0.599. The van der Waals surface area contributed by atoms with E-state index in [9.17, 15) is 4.79 Å². The van der Waals surface area contributed by atoms with Gasteiger partial charge in [-0.05, 0) is 48.4 Å². The Kier molecular flexibility index (Phi) is 4.81. The van der Waals surface area contributed by atoms with E-state index in [1.54, 1.807) is 32.4 Å². The monoisotopic (exact) mass is 347 g/mol. The molecule has 2 aromatic carbocycles. The first-order chi connectivity index (χ1) is 11.6. The zero-order chi connectivity index (χ0) is 17.1. The number of hydrogen-bond acceptors (Lipinski definition) is 4. The molecule has 0 saturated carbocycles. The maximum atomic E-state index is 12.5. The Morgan fingerprint density at radius 1 is 1.21 bits per heavy atom. The van der Waals surface area contributed by atoms with Gasteiger partial charge < -0.3 is 19.5 Å². The number of benzene rings is 2. The number of ether oxygens (including phenoxy) is 3. The number of fused-ring (bicyclic) bond motifs is 1. The molecule has 0 radical (unpaired) electrons. The molecule has 2 aromatic rings. The Morgan fingerprint density at radius 3 is 2.75 bits per heavy atom. The molecule has 5 nitrogen and oxygen atoms in total. The minimum Gasteiger partial charge on any atom is -0.497 e. The van der Waals surface area contributed by atoms with Crippen molar-refractivity contribution in [1.82, 2.24) is 0 Å². The number of carbonyl (C=O) groups excluding carboxylic acids is 1. The number of anilines is 1. The second kappa shape index (κ2) is 7.01. The first-order valence-corrected chi connectivity index (χ1v) is 7.92. The van der Waals surface area contributed by atoms with Gasteiger partial charge in [0.1, 0.15) is 23.9 Å². The Labute approximate surface area is 145 Å². The Hall–Kier alpha value is -2.40. The van der Waals surface area contributed by atoms with E-state index in [1.165, 1.54) is 0 Å². The second-order valence-corrected chi connectivity index (χ2v) is 5.93. The highest BCUT2D eigenvalue weighted by atomic mass is 35.5. The molecule has 1 aliphatic rings. The molecule has 1 heterocycles. The van der Waals surface area contributed by atoms with Crippen molar-refractivity contribution in [2.24, 2.45) is 5.92 Å². The molecular formula is C18H18ClNO4. The van der Waals surface area contributed by atoms with Gasteiger partial charge >= 0.3 is 0 Å². The third kappa shape index (κ3) is 3.41. The summed E-state index contributed by atoms with van der Waals surface area (Å²) in [4.78, 5) is 12.5. The van der Waals surface area contributed by atoms with Gasteiger partial charge in [0.25, 0.3) is 0 Å². The standard InChI is InChI=1S/C18H18ClNO4/c1-22-14-4-6-16-11(8-14)7-12(10-24-16)18(21)20-13-3-5-17(23-2)15(19)9-13/h3-6,8-9,12H,7,10H2,1-2H3,(H,20,21). The number of nitrogens with one attached hydrogen (secondary N) is 1. The topological polar surface area (TPSA) is 56.8 Å². The first-order valence-electron chi connectivity index (χ1n) is 7.55. The van der Waals surface area contributed by atoms with Crippen molar-refractivity contribution in [2.45, 2.75) is 6.42 Å². The molecule has 0 bridgehead atoms. The zero-order valence-electron chi connectivity index (χ0n) is 13.5. The highest BCUT2D eigenvalue weighted by Gasteiger charge is 2.26. The van der Waals surface area contributed by atoms with Crippen LogP contribution in [-0.2, 0) is 11.2 Å². The molecule has 1 atom stereocenters. The average Bonchev–Trinajstić information content (AvgIpc) is 2.60. The lowest BCUT2D eigenvalue weighted by Crippen LogP contribution is -2.32. The highest BCUT2D eigenvalue weighted by molar-refractivity contribution is 6.32. The van der Waals surface area contributed by atoms with Gasteiger partial charge in [0.2, 0.25) is 5.91 Å². The van der Waals surface area contributed by atoms with Crippen LogP contribution in [0.3, 0.4) is 0 Å². The fourth-order valence-electron chi connectivity index (χ4n) is 2.65. The predicted molar refractivity (Wildman–Crippen MR) is 92.3 cm³/mol. The van der Waals surface area contributed by atoms with E-state index in [4.69, 9.17) is 25.8 Å². The van der Waals surface area contributed by atoms with E-state index in [0.29, 0.717) is 29.5 Å². The fraction of sp³-hybridized carbons (Fsp3) is 0.278. The van der Waals surface area contributed by atoms with E-state index in [0.717, 1.165) is 17.1 Å². The molecular weight excluding hydrogens is 330 g/mol. The number of rotatable bonds is 4. The van der Waals surface area contributed by atoms with Crippen molar-refractivity contribution >= 4 is 23.2 Å². The molecule has 1 N–H and O–H groups in total. The lowest BCUT2D eigenvalue weighted by molar-refractivity contribution is -0.121. The first kappa shape index (κ1) is 16.5. The molecule has 0 aromatic heterocycles. The van der Waals surface area contributed by atoms with Crippen LogP contribution in [0.5, 0.6) is 17.2 Å². The normalized spacial score (nSPS) is 15.9. The smallest absolute Gasteiger partial charge is 0.231 e. The van der Waals surface area contributed by atoms with E-state index < -0.39 is 0 Å². The average molecular weight is 348 g/mol. The zero-order valence-corrected chi connectivity index (χ0v) is 14.2. The summed E-state index contributed by atoms with van der Waals surface area (Å²) in [5.74, 6) is 1.74. The van der Waals surface area contributed by atoms with Crippen LogP contribution in [0.4, 0.5) is 5.69 Å². The number of hydrogen-bond donors (Lipinski definition) is 1. The van der Waals surface area contributed by atoms with Crippen LogP contribution in [0.25, 0.3) is 0 Å². The molecule has 6 heteroatoms. The van der Waals surface area contributed by atoms with Gasteiger partial charge in [-0.25, -0.2) is 0 Å². The minimum absolute atomic E-state index is 0.107. The maximum Gasteiger partial charge on any atom is 0.231 e. The van der Waals surface area contributed by atoms with Gasteiger partial charge in [-0.15, -0.1) is 0 Å². The maximum absolute atomic E-state index is 12.5. The second-order valence-electron chi connectivity index (χ2n) is 5.52. The molecule has 1 amide bonds. The number of halogens is 1. The van der Waals surface area contributed by atoms with E-state index in [2.05, 4.69) is 5.32 Å². The largest absolute Gasteiger partial charge is 0.497 e. The van der Waals surface area contributed by atoms with Crippen molar-refractivity contribution in [3.63, 3.8) is 0 Å².